The maximum absolute atomic E-state index is 13.2. The van der Waals surface area contributed by atoms with E-state index in [9.17, 15) is 19.7 Å². The summed E-state index contributed by atoms with van der Waals surface area (Å²) in [5, 5.41) is 15.0. The maximum Gasteiger partial charge on any atom is 0.336 e. The highest BCUT2D eigenvalue weighted by atomic mass is 16.6. The molecule has 1 heterocycles. The van der Waals surface area contributed by atoms with Crippen LogP contribution in [-0.2, 0) is 20.7 Å². The second-order valence-corrected chi connectivity index (χ2v) is 7.95. The molecule has 0 fully saturated rings. The summed E-state index contributed by atoms with van der Waals surface area (Å²) in [6.07, 6.45) is 2.27. The summed E-state index contributed by atoms with van der Waals surface area (Å²) in [6, 6.07) is 15.9. The van der Waals surface area contributed by atoms with Crippen LogP contribution in [0.5, 0.6) is 0 Å². The van der Waals surface area contributed by atoms with E-state index in [0.29, 0.717) is 42.5 Å². The zero-order valence-corrected chi connectivity index (χ0v) is 17.8. The zero-order chi connectivity index (χ0) is 22.7. The summed E-state index contributed by atoms with van der Waals surface area (Å²) in [4.78, 5) is 37.4. The summed E-state index contributed by atoms with van der Waals surface area (Å²) in [7, 11) is 0. The summed E-state index contributed by atoms with van der Waals surface area (Å²) in [6.45, 7) is 1.92. The number of dihydropyridines is 1. The Morgan fingerprint density at radius 3 is 2.59 bits per heavy atom. The standard InChI is InChI=1S/C25H24N2O5/c1-16-22(25(29)32-15-14-17-8-3-2-4-9-17)23(18-10-5-6-12-20(18)27(30)31)24-19(26-16)11-7-13-21(24)28/h2-6,8-10,12,23,26H,7,11,13-15H2,1H3. The van der Waals surface area contributed by atoms with Gasteiger partial charge in [-0.1, -0.05) is 48.5 Å². The minimum Gasteiger partial charge on any atom is -0.462 e. The molecule has 0 spiro atoms. The van der Waals surface area contributed by atoms with Crippen LogP contribution in [0.25, 0.3) is 0 Å². The van der Waals surface area contributed by atoms with E-state index in [-0.39, 0.29) is 23.7 Å². The predicted octanol–water partition coefficient (Wildman–Crippen LogP) is 4.35. The van der Waals surface area contributed by atoms with Crippen molar-refractivity contribution in [2.75, 3.05) is 6.61 Å². The van der Waals surface area contributed by atoms with Crippen molar-refractivity contribution >= 4 is 17.4 Å². The van der Waals surface area contributed by atoms with Crippen molar-refractivity contribution in [3.05, 3.63) is 98.4 Å². The first-order valence-corrected chi connectivity index (χ1v) is 10.7. The Hall–Kier alpha value is -3.74. The zero-order valence-electron chi connectivity index (χ0n) is 17.8. The lowest BCUT2D eigenvalue weighted by atomic mass is 9.75. The normalized spacial score (nSPS) is 18.2. The molecule has 2 aromatic rings. The molecule has 0 aromatic heterocycles. The number of allylic oxidation sites excluding steroid dienone is 3. The first-order chi connectivity index (χ1) is 15.5. The van der Waals surface area contributed by atoms with Crippen LogP contribution in [0.3, 0.4) is 0 Å². The molecule has 4 rings (SSSR count). The van der Waals surface area contributed by atoms with Crippen LogP contribution in [0.2, 0.25) is 0 Å². The fourth-order valence-electron chi connectivity index (χ4n) is 4.45. The van der Waals surface area contributed by atoms with Crippen molar-refractivity contribution in [2.24, 2.45) is 0 Å². The summed E-state index contributed by atoms with van der Waals surface area (Å²) in [5.41, 5.74) is 3.24. The second kappa shape index (κ2) is 9.18. The van der Waals surface area contributed by atoms with Crippen LogP contribution in [0, 0.1) is 10.1 Å². The van der Waals surface area contributed by atoms with Gasteiger partial charge in [-0.15, -0.1) is 0 Å². The molecule has 0 radical (unpaired) electrons. The molecule has 1 unspecified atom stereocenters. The number of benzene rings is 2. The average Bonchev–Trinajstić information content (AvgIpc) is 2.79. The van der Waals surface area contributed by atoms with Crippen LogP contribution in [-0.4, -0.2) is 23.3 Å². The van der Waals surface area contributed by atoms with Crippen LogP contribution in [0.1, 0.15) is 43.2 Å². The number of hydrogen-bond donors (Lipinski definition) is 1. The SMILES string of the molecule is CC1=C(C(=O)OCCc2ccccc2)C(c2ccccc2[N+](=O)[O-])C2=C(CCCC2=O)N1. The Bertz CT molecular complexity index is 1130. The van der Waals surface area contributed by atoms with Gasteiger partial charge in [0.1, 0.15) is 0 Å². The van der Waals surface area contributed by atoms with E-state index < -0.39 is 16.8 Å². The number of ether oxygens (including phenoxy) is 1. The molecule has 164 valence electrons. The first kappa shape index (κ1) is 21.5. The number of carbonyl (C=O) groups excluding carboxylic acids is 2. The van der Waals surface area contributed by atoms with Crippen molar-refractivity contribution in [1.29, 1.82) is 0 Å². The number of ketones is 1. The van der Waals surface area contributed by atoms with Crippen molar-refractivity contribution in [2.45, 2.75) is 38.5 Å². The van der Waals surface area contributed by atoms with E-state index in [0.717, 1.165) is 11.3 Å². The third-order valence-electron chi connectivity index (χ3n) is 5.91. The highest BCUT2D eigenvalue weighted by molar-refractivity contribution is 6.04. The Morgan fingerprint density at radius 2 is 1.84 bits per heavy atom. The Kier molecular flexibility index (Phi) is 6.16. The molecule has 1 atom stereocenters. The number of carbonyl (C=O) groups is 2. The quantitative estimate of drug-likeness (QED) is 0.414. The Labute approximate surface area is 185 Å². The van der Waals surface area contributed by atoms with Crippen molar-refractivity contribution in [3.8, 4) is 0 Å². The third kappa shape index (κ3) is 4.19. The number of nitrogens with zero attached hydrogens (tertiary/aromatic N) is 1. The molecule has 2 aromatic carbocycles. The molecule has 32 heavy (non-hydrogen) atoms. The van der Waals surface area contributed by atoms with Crippen LogP contribution >= 0.6 is 0 Å². The lowest BCUT2D eigenvalue weighted by Crippen LogP contribution is -2.34. The molecule has 7 heteroatoms. The van der Waals surface area contributed by atoms with Gasteiger partial charge in [0.25, 0.3) is 5.69 Å². The van der Waals surface area contributed by atoms with E-state index in [1.165, 1.54) is 6.07 Å². The van der Waals surface area contributed by atoms with Gasteiger partial charge in [0.15, 0.2) is 5.78 Å². The number of nitro benzene ring substituents is 1. The van der Waals surface area contributed by atoms with Gasteiger partial charge in [-0.05, 0) is 25.3 Å². The van der Waals surface area contributed by atoms with Crippen molar-refractivity contribution in [1.82, 2.24) is 5.32 Å². The Balaban J connectivity index is 1.70. The molecule has 1 aliphatic carbocycles. The number of para-hydroxylation sites is 1. The topological polar surface area (TPSA) is 98.5 Å². The first-order valence-electron chi connectivity index (χ1n) is 10.7. The van der Waals surface area contributed by atoms with Crippen LogP contribution in [0.15, 0.2) is 77.1 Å². The molecule has 1 N–H and O–H groups in total. The number of rotatable bonds is 6. The van der Waals surface area contributed by atoms with Gasteiger partial charge in [0.2, 0.25) is 0 Å². The summed E-state index contributed by atoms with van der Waals surface area (Å²) in [5.74, 6) is -1.49. The molecule has 7 nitrogen and oxygen atoms in total. The molecular weight excluding hydrogens is 408 g/mol. The van der Waals surface area contributed by atoms with Gasteiger partial charge in [-0.3, -0.25) is 14.9 Å². The number of hydrogen-bond acceptors (Lipinski definition) is 6. The minimum absolute atomic E-state index is 0.0935. The lowest BCUT2D eigenvalue weighted by molar-refractivity contribution is -0.385. The van der Waals surface area contributed by atoms with Crippen molar-refractivity contribution in [3.63, 3.8) is 0 Å². The summed E-state index contributed by atoms with van der Waals surface area (Å²) >= 11 is 0. The molecule has 1 aliphatic heterocycles. The van der Waals surface area contributed by atoms with Crippen LogP contribution in [0.4, 0.5) is 5.69 Å². The van der Waals surface area contributed by atoms with Gasteiger partial charge >= 0.3 is 5.97 Å². The Morgan fingerprint density at radius 1 is 1.12 bits per heavy atom. The average molecular weight is 432 g/mol. The molecule has 0 saturated carbocycles. The van der Waals surface area contributed by atoms with E-state index in [1.54, 1.807) is 25.1 Å². The number of nitrogens with one attached hydrogen (secondary N) is 1. The van der Waals surface area contributed by atoms with E-state index in [4.69, 9.17) is 4.74 Å². The summed E-state index contributed by atoms with van der Waals surface area (Å²) < 4.78 is 5.58. The highest BCUT2D eigenvalue weighted by Gasteiger charge is 2.41. The molecular formula is C25H24N2O5. The second-order valence-electron chi connectivity index (χ2n) is 7.95. The van der Waals surface area contributed by atoms with Gasteiger partial charge in [-0.2, -0.15) is 0 Å². The van der Waals surface area contributed by atoms with E-state index in [2.05, 4.69) is 5.32 Å². The smallest absolute Gasteiger partial charge is 0.336 e. The van der Waals surface area contributed by atoms with E-state index >= 15 is 0 Å². The molecule has 0 amide bonds. The van der Waals surface area contributed by atoms with Gasteiger partial charge in [-0.25, -0.2) is 4.79 Å². The predicted molar refractivity (Wildman–Crippen MR) is 119 cm³/mol. The monoisotopic (exact) mass is 432 g/mol. The van der Waals surface area contributed by atoms with Crippen LogP contribution < -0.4 is 5.32 Å². The van der Waals surface area contributed by atoms with Crippen molar-refractivity contribution < 1.29 is 19.2 Å². The molecule has 0 saturated heterocycles. The highest BCUT2D eigenvalue weighted by Crippen LogP contribution is 2.45. The number of Topliss-reactive ketones (excluding diaryl/α,β-unsaturated/α-hetero) is 1. The maximum atomic E-state index is 13.2. The fraction of sp³-hybridized carbons (Fsp3) is 0.280. The van der Waals surface area contributed by atoms with E-state index in [1.807, 2.05) is 30.3 Å². The molecule has 0 bridgehead atoms. The minimum atomic E-state index is -0.829. The van der Waals surface area contributed by atoms with Gasteiger partial charge in [0, 0.05) is 41.4 Å². The fourth-order valence-corrected chi connectivity index (χ4v) is 4.45. The lowest BCUT2D eigenvalue weighted by Gasteiger charge is -2.33. The molecule has 2 aliphatic rings. The largest absolute Gasteiger partial charge is 0.462 e. The number of nitro groups is 1. The van der Waals surface area contributed by atoms with Gasteiger partial charge in [0.05, 0.1) is 23.0 Å². The van der Waals surface area contributed by atoms with Gasteiger partial charge < -0.3 is 10.1 Å². The third-order valence-corrected chi connectivity index (χ3v) is 5.91. The number of esters is 1.